The minimum absolute atomic E-state index is 0.0399. The summed E-state index contributed by atoms with van der Waals surface area (Å²) >= 11 is 3.35. The first kappa shape index (κ1) is 22.6. The molecule has 3 heterocycles. The fourth-order valence-electron chi connectivity index (χ4n) is 3.55. The number of benzene rings is 1. The zero-order valence-corrected chi connectivity index (χ0v) is 19.7. The lowest BCUT2D eigenvalue weighted by Gasteiger charge is -2.14. The summed E-state index contributed by atoms with van der Waals surface area (Å²) in [5.74, 6) is -1.18. The van der Waals surface area contributed by atoms with E-state index in [1.165, 1.54) is 10.5 Å². The lowest BCUT2D eigenvalue weighted by atomic mass is 10.2. The number of carbonyl (C=O) groups is 2. The summed E-state index contributed by atoms with van der Waals surface area (Å²) in [5, 5.41) is 0.241. The van der Waals surface area contributed by atoms with E-state index in [0.717, 1.165) is 4.47 Å². The van der Waals surface area contributed by atoms with E-state index in [9.17, 15) is 14.4 Å². The minimum Gasteiger partial charge on any atom is -0.462 e. The molecule has 1 amide bonds. The molecule has 1 aromatic carbocycles. The molecule has 0 spiro atoms. The van der Waals surface area contributed by atoms with Crippen LogP contribution in [0.25, 0.3) is 16.7 Å². The van der Waals surface area contributed by atoms with Gasteiger partial charge in [-0.2, -0.15) is 4.99 Å². The van der Waals surface area contributed by atoms with Gasteiger partial charge in [-0.3, -0.25) is 14.0 Å². The monoisotopic (exact) mass is 508 g/mol. The largest absolute Gasteiger partial charge is 0.462 e. The molecule has 0 N–H and O–H groups in total. The molecule has 33 heavy (non-hydrogen) atoms. The summed E-state index contributed by atoms with van der Waals surface area (Å²) in [6.45, 7) is 4.17. The molecule has 0 radical (unpaired) electrons. The summed E-state index contributed by atoms with van der Waals surface area (Å²) < 4.78 is 9.11. The summed E-state index contributed by atoms with van der Waals surface area (Å²) in [6, 6.07) is 13.4. The molecule has 0 fully saturated rings. The fraction of sp³-hybridized carbons (Fsp3) is 0.208. The van der Waals surface area contributed by atoms with Gasteiger partial charge >= 0.3 is 5.97 Å². The van der Waals surface area contributed by atoms with E-state index in [1.54, 1.807) is 60.2 Å². The number of fused-ring (bicyclic) bond motifs is 2. The Morgan fingerprint density at radius 3 is 2.58 bits per heavy atom. The summed E-state index contributed by atoms with van der Waals surface area (Å²) in [5.41, 5.74) is 0.998. The number of hydrogen-bond acceptors (Lipinski definition) is 5. The Kier molecular flexibility index (Phi) is 6.50. The molecule has 0 aliphatic heterocycles. The van der Waals surface area contributed by atoms with Crippen molar-refractivity contribution in [2.75, 3.05) is 6.61 Å². The lowest BCUT2D eigenvalue weighted by molar-refractivity contribution is 0.0523. The van der Waals surface area contributed by atoms with Crippen LogP contribution >= 0.6 is 15.9 Å². The second kappa shape index (κ2) is 9.50. The first-order chi connectivity index (χ1) is 15.9. The van der Waals surface area contributed by atoms with Crippen molar-refractivity contribution >= 4 is 44.5 Å². The van der Waals surface area contributed by atoms with Gasteiger partial charge < -0.3 is 9.30 Å². The molecule has 8 nitrogen and oxygen atoms in total. The number of aromatic nitrogens is 3. The van der Waals surface area contributed by atoms with Crippen LogP contribution in [0.4, 0.5) is 0 Å². The van der Waals surface area contributed by atoms with Crippen molar-refractivity contribution in [2.45, 2.75) is 26.8 Å². The number of hydrogen-bond donors (Lipinski definition) is 0. The van der Waals surface area contributed by atoms with Crippen LogP contribution in [0.15, 0.2) is 69.0 Å². The Morgan fingerprint density at radius 2 is 1.88 bits per heavy atom. The Bertz CT molecular complexity index is 1500. The van der Waals surface area contributed by atoms with E-state index in [4.69, 9.17) is 4.74 Å². The molecule has 0 unspecified atom stereocenters. The number of carbonyl (C=O) groups excluding carboxylic acids is 2. The number of aryl methyl sites for hydroxylation is 1. The average molecular weight is 509 g/mol. The van der Waals surface area contributed by atoms with Crippen LogP contribution < -0.4 is 11.0 Å². The lowest BCUT2D eigenvalue weighted by Crippen LogP contribution is -2.32. The van der Waals surface area contributed by atoms with Crippen LogP contribution in [-0.2, 0) is 11.3 Å². The third-order valence-electron chi connectivity index (χ3n) is 5.03. The zero-order valence-electron chi connectivity index (χ0n) is 18.1. The van der Waals surface area contributed by atoms with E-state index in [0.29, 0.717) is 29.8 Å². The molecule has 168 valence electrons. The Balaban J connectivity index is 2.10. The van der Waals surface area contributed by atoms with Gasteiger partial charge in [0.05, 0.1) is 12.0 Å². The van der Waals surface area contributed by atoms with Gasteiger partial charge in [0.2, 0.25) is 0 Å². The third kappa shape index (κ3) is 4.36. The van der Waals surface area contributed by atoms with E-state index in [-0.39, 0.29) is 28.6 Å². The van der Waals surface area contributed by atoms with Gasteiger partial charge in [0.1, 0.15) is 16.9 Å². The zero-order chi connectivity index (χ0) is 23.5. The van der Waals surface area contributed by atoms with Crippen molar-refractivity contribution < 1.29 is 14.3 Å². The van der Waals surface area contributed by atoms with Crippen molar-refractivity contribution in [3.63, 3.8) is 0 Å². The number of pyridine rings is 2. The van der Waals surface area contributed by atoms with Crippen molar-refractivity contribution in [3.8, 4) is 0 Å². The fourth-order valence-corrected chi connectivity index (χ4v) is 3.81. The van der Waals surface area contributed by atoms with Gasteiger partial charge in [-0.15, -0.1) is 0 Å². The van der Waals surface area contributed by atoms with E-state index in [1.807, 2.05) is 6.92 Å². The maximum atomic E-state index is 13.2. The highest BCUT2D eigenvalue weighted by molar-refractivity contribution is 9.10. The van der Waals surface area contributed by atoms with Crippen molar-refractivity contribution in [1.29, 1.82) is 0 Å². The SMILES string of the molecule is CCCn1c(=NC(=O)c2ccc(Br)cc2)c(C(=O)OCC)cc2c(=O)n3ccccc3nc21. The van der Waals surface area contributed by atoms with Crippen molar-refractivity contribution in [2.24, 2.45) is 4.99 Å². The number of rotatable bonds is 5. The second-order valence-electron chi connectivity index (χ2n) is 7.26. The molecule has 9 heteroatoms. The quantitative estimate of drug-likeness (QED) is 0.302. The molecule has 0 atom stereocenters. The van der Waals surface area contributed by atoms with Crippen LogP contribution in [0.3, 0.4) is 0 Å². The molecule has 0 aliphatic carbocycles. The number of amides is 1. The van der Waals surface area contributed by atoms with Gasteiger partial charge in [-0.1, -0.05) is 28.9 Å². The Morgan fingerprint density at radius 1 is 1.12 bits per heavy atom. The van der Waals surface area contributed by atoms with Crippen LogP contribution in [0.2, 0.25) is 0 Å². The smallest absolute Gasteiger partial charge is 0.341 e. The number of nitrogens with zero attached hydrogens (tertiary/aromatic N) is 4. The van der Waals surface area contributed by atoms with Gasteiger partial charge in [0.15, 0.2) is 5.49 Å². The van der Waals surface area contributed by atoms with Gasteiger partial charge in [0, 0.05) is 22.8 Å². The molecule has 4 aromatic rings. The van der Waals surface area contributed by atoms with Crippen LogP contribution in [-0.4, -0.2) is 32.4 Å². The maximum absolute atomic E-state index is 13.2. The highest BCUT2D eigenvalue weighted by Crippen LogP contribution is 2.14. The highest BCUT2D eigenvalue weighted by atomic mass is 79.9. The summed E-state index contributed by atoms with van der Waals surface area (Å²) in [7, 11) is 0. The Hall–Kier alpha value is -3.59. The number of esters is 1. The molecule has 0 bridgehead atoms. The molecule has 0 saturated heterocycles. The van der Waals surface area contributed by atoms with Crippen LogP contribution in [0, 0.1) is 0 Å². The van der Waals surface area contributed by atoms with E-state index >= 15 is 0 Å². The standard InChI is InChI=1S/C24H21BrN4O4/c1-3-12-29-20-17(23(31)28-13-6-5-7-19(28)26-20)14-18(24(32)33-4-2)21(29)27-22(30)15-8-10-16(25)11-9-15/h5-11,13-14H,3-4,12H2,1-2H3. The van der Waals surface area contributed by atoms with Crippen LogP contribution in [0.5, 0.6) is 0 Å². The molecule has 0 saturated carbocycles. The number of ether oxygens (including phenoxy) is 1. The Labute approximate surface area is 197 Å². The first-order valence-electron chi connectivity index (χ1n) is 10.5. The molecule has 4 rings (SSSR count). The predicted octanol–water partition coefficient (Wildman–Crippen LogP) is 3.74. The van der Waals surface area contributed by atoms with E-state index < -0.39 is 11.9 Å². The van der Waals surface area contributed by atoms with Gasteiger partial charge in [-0.05, 0) is 55.8 Å². The topological polar surface area (TPSA) is 95.0 Å². The molecular formula is C24H21BrN4O4. The van der Waals surface area contributed by atoms with E-state index in [2.05, 4.69) is 25.9 Å². The first-order valence-corrected chi connectivity index (χ1v) is 11.3. The minimum atomic E-state index is -0.663. The van der Waals surface area contributed by atoms with Gasteiger partial charge in [-0.25, -0.2) is 9.78 Å². The third-order valence-corrected chi connectivity index (χ3v) is 5.56. The van der Waals surface area contributed by atoms with Crippen LogP contribution in [0.1, 0.15) is 41.0 Å². The molecule has 3 aromatic heterocycles. The predicted molar refractivity (Wildman–Crippen MR) is 127 cm³/mol. The highest BCUT2D eigenvalue weighted by Gasteiger charge is 2.20. The molecule has 0 aliphatic rings. The maximum Gasteiger partial charge on any atom is 0.341 e. The van der Waals surface area contributed by atoms with Gasteiger partial charge in [0.25, 0.3) is 11.5 Å². The molecular weight excluding hydrogens is 488 g/mol. The normalized spacial score (nSPS) is 11.8. The second-order valence-corrected chi connectivity index (χ2v) is 8.18. The summed E-state index contributed by atoms with van der Waals surface area (Å²) in [6.07, 6.45) is 2.28. The average Bonchev–Trinajstić information content (AvgIpc) is 2.81. The van der Waals surface area contributed by atoms with Crippen molar-refractivity contribution in [3.05, 3.63) is 86.2 Å². The summed E-state index contributed by atoms with van der Waals surface area (Å²) in [4.78, 5) is 48.0. The van der Waals surface area contributed by atoms with Crippen molar-refractivity contribution in [1.82, 2.24) is 14.0 Å². The number of halogens is 1.